The van der Waals surface area contributed by atoms with Gasteiger partial charge in [-0.1, -0.05) is 18.2 Å². The Hall–Kier alpha value is -2.05. The van der Waals surface area contributed by atoms with E-state index in [1.54, 1.807) is 18.2 Å². The van der Waals surface area contributed by atoms with Crippen molar-refractivity contribution >= 4 is 21.2 Å². The van der Waals surface area contributed by atoms with E-state index in [-0.39, 0.29) is 10.7 Å². The van der Waals surface area contributed by atoms with Crippen molar-refractivity contribution in [3.05, 3.63) is 64.9 Å². The zero-order valence-corrected chi connectivity index (χ0v) is 13.7. The van der Waals surface area contributed by atoms with E-state index in [0.29, 0.717) is 11.1 Å². The van der Waals surface area contributed by atoms with Gasteiger partial charge in [-0.25, -0.2) is 17.2 Å². The molecule has 0 aliphatic heterocycles. The molecule has 23 heavy (non-hydrogen) atoms. The number of benzene rings is 2. The molecule has 1 aromatic heterocycles. The van der Waals surface area contributed by atoms with Crippen LogP contribution in [0, 0.1) is 11.6 Å². The Labute approximate surface area is 137 Å². The smallest absolute Gasteiger partial charge is 0.178 e. The Morgan fingerprint density at radius 2 is 1.57 bits per heavy atom. The topological polar surface area (TPSA) is 34.1 Å². The molecular formula is C17H12F2O2S2. The number of thiophene rings is 1. The minimum atomic E-state index is -3.61. The lowest BCUT2D eigenvalue weighted by Crippen LogP contribution is -2.00. The average Bonchev–Trinajstić information content (AvgIpc) is 2.95. The van der Waals surface area contributed by atoms with Crippen LogP contribution >= 0.6 is 11.3 Å². The van der Waals surface area contributed by atoms with E-state index >= 15 is 0 Å². The van der Waals surface area contributed by atoms with Crippen LogP contribution in [0.3, 0.4) is 0 Å². The molecule has 0 unspecified atom stereocenters. The molecule has 0 bridgehead atoms. The first kappa shape index (κ1) is 15.8. The number of rotatable bonds is 3. The highest BCUT2D eigenvalue weighted by Crippen LogP contribution is 2.36. The van der Waals surface area contributed by atoms with Crippen molar-refractivity contribution in [1.29, 1.82) is 0 Å². The summed E-state index contributed by atoms with van der Waals surface area (Å²) in [6.07, 6.45) is 0.966. The van der Waals surface area contributed by atoms with Crippen LogP contribution in [0.2, 0.25) is 0 Å². The van der Waals surface area contributed by atoms with Gasteiger partial charge in [-0.3, -0.25) is 0 Å². The van der Waals surface area contributed by atoms with Gasteiger partial charge >= 0.3 is 0 Å². The summed E-state index contributed by atoms with van der Waals surface area (Å²) in [6, 6.07) is 10.2. The maximum atomic E-state index is 14.1. The van der Waals surface area contributed by atoms with Gasteiger partial charge in [0.1, 0.15) is 16.5 Å². The lowest BCUT2D eigenvalue weighted by molar-refractivity contribution is 0.571. The minimum absolute atomic E-state index is 0.330. The van der Waals surface area contributed by atoms with Gasteiger partial charge in [0.05, 0.1) is 0 Å². The van der Waals surface area contributed by atoms with E-state index in [4.69, 9.17) is 0 Å². The zero-order valence-electron chi connectivity index (χ0n) is 12.1. The standard InChI is InChI=1S/C17H12F2O2S2/c1-23(20,21)17-6-5-12(8-16(17)19)15-10-22-9-14(15)11-3-2-4-13(18)7-11/h2-10H,1H3. The molecule has 0 amide bonds. The Morgan fingerprint density at radius 1 is 0.913 bits per heavy atom. The minimum Gasteiger partial charge on any atom is -0.224 e. The monoisotopic (exact) mass is 350 g/mol. The van der Waals surface area contributed by atoms with Crippen LogP contribution in [0.25, 0.3) is 22.3 Å². The lowest BCUT2D eigenvalue weighted by Gasteiger charge is -2.07. The van der Waals surface area contributed by atoms with Crippen molar-refractivity contribution in [3.8, 4) is 22.3 Å². The van der Waals surface area contributed by atoms with Gasteiger partial charge in [0.2, 0.25) is 0 Å². The molecule has 0 radical (unpaired) electrons. The van der Waals surface area contributed by atoms with Gasteiger partial charge in [0.25, 0.3) is 0 Å². The molecule has 0 fully saturated rings. The molecule has 2 nitrogen and oxygen atoms in total. The van der Waals surface area contributed by atoms with Crippen LogP contribution in [0.15, 0.2) is 58.1 Å². The van der Waals surface area contributed by atoms with Crippen molar-refractivity contribution in [2.45, 2.75) is 4.90 Å². The van der Waals surface area contributed by atoms with Gasteiger partial charge < -0.3 is 0 Å². The summed E-state index contributed by atoms with van der Waals surface area (Å²) in [4.78, 5) is -0.330. The highest BCUT2D eigenvalue weighted by Gasteiger charge is 2.16. The molecule has 2 aromatic carbocycles. The summed E-state index contributed by atoms with van der Waals surface area (Å²) < 4.78 is 50.5. The van der Waals surface area contributed by atoms with Crippen molar-refractivity contribution < 1.29 is 17.2 Å². The molecule has 6 heteroatoms. The third kappa shape index (κ3) is 3.18. The maximum absolute atomic E-state index is 14.1. The zero-order chi connectivity index (χ0) is 16.6. The van der Waals surface area contributed by atoms with Crippen molar-refractivity contribution in [2.24, 2.45) is 0 Å². The third-order valence-electron chi connectivity index (χ3n) is 3.44. The van der Waals surface area contributed by atoms with E-state index in [0.717, 1.165) is 17.4 Å². The molecular weight excluding hydrogens is 338 g/mol. The van der Waals surface area contributed by atoms with Crippen LogP contribution in [-0.4, -0.2) is 14.7 Å². The molecule has 0 saturated heterocycles. The number of halogens is 2. The van der Waals surface area contributed by atoms with E-state index in [9.17, 15) is 17.2 Å². The third-order valence-corrected chi connectivity index (χ3v) is 5.31. The molecule has 0 aliphatic carbocycles. The fourth-order valence-corrected chi connectivity index (χ4v) is 3.96. The second-order valence-corrected chi connectivity index (χ2v) is 7.85. The first-order chi connectivity index (χ1) is 10.9. The van der Waals surface area contributed by atoms with Gasteiger partial charge in [0, 0.05) is 17.4 Å². The highest BCUT2D eigenvalue weighted by molar-refractivity contribution is 7.90. The summed E-state index contributed by atoms with van der Waals surface area (Å²) in [6.45, 7) is 0. The van der Waals surface area contributed by atoms with Crippen LogP contribution in [0.5, 0.6) is 0 Å². The maximum Gasteiger partial charge on any atom is 0.178 e. The Kier molecular flexibility index (Phi) is 4.04. The molecule has 0 saturated carbocycles. The van der Waals surface area contributed by atoms with Crippen molar-refractivity contribution in [2.75, 3.05) is 6.26 Å². The summed E-state index contributed by atoms with van der Waals surface area (Å²) in [5.41, 5.74) is 2.75. The van der Waals surface area contributed by atoms with Gasteiger partial charge in [-0.15, -0.1) is 0 Å². The lowest BCUT2D eigenvalue weighted by atomic mass is 9.99. The quantitative estimate of drug-likeness (QED) is 0.682. The Balaban J connectivity index is 2.11. The van der Waals surface area contributed by atoms with Crippen LogP contribution in [-0.2, 0) is 9.84 Å². The van der Waals surface area contributed by atoms with E-state index in [1.165, 1.54) is 35.6 Å². The van der Waals surface area contributed by atoms with Gasteiger partial charge in [-0.05, 0) is 46.2 Å². The fourth-order valence-electron chi connectivity index (χ4n) is 2.37. The van der Waals surface area contributed by atoms with Crippen molar-refractivity contribution in [3.63, 3.8) is 0 Å². The fraction of sp³-hybridized carbons (Fsp3) is 0.0588. The molecule has 0 N–H and O–H groups in total. The molecule has 3 rings (SSSR count). The Bertz CT molecular complexity index is 976. The molecule has 0 spiro atoms. The van der Waals surface area contributed by atoms with Crippen molar-refractivity contribution in [1.82, 2.24) is 0 Å². The van der Waals surface area contributed by atoms with E-state index in [1.807, 2.05) is 10.8 Å². The summed E-state index contributed by atoms with van der Waals surface area (Å²) in [5.74, 6) is -1.14. The highest BCUT2D eigenvalue weighted by atomic mass is 32.2. The molecule has 118 valence electrons. The average molecular weight is 350 g/mol. The predicted octanol–water partition coefficient (Wildman–Crippen LogP) is 4.76. The van der Waals surface area contributed by atoms with E-state index < -0.39 is 15.7 Å². The molecule has 3 aromatic rings. The van der Waals surface area contributed by atoms with Crippen LogP contribution in [0.4, 0.5) is 8.78 Å². The summed E-state index contributed by atoms with van der Waals surface area (Å²) in [7, 11) is -3.61. The second-order valence-electron chi connectivity index (χ2n) is 5.13. The SMILES string of the molecule is CS(=O)(=O)c1ccc(-c2cscc2-c2cccc(F)c2)cc1F. The van der Waals surface area contributed by atoms with Gasteiger partial charge in [0.15, 0.2) is 9.84 Å². The summed E-state index contributed by atoms with van der Waals surface area (Å²) in [5, 5.41) is 3.68. The largest absolute Gasteiger partial charge is 0.224 e. The molecule has 0 atom stereocenters. The second kappa shape index (κ2) is 5.86. The first-order valence-corrected chi connectivity index (χ1v) is 9.52. The van der Waals surface area contributed by atoms with Gasteiger partial charge in [-0.2, -0.15) is 11.3 Å². The normalized spacial score (nSPS) is 11.6. The molecule has 0 aliphatic rings. The number of hydrogen-bond acceptors (Lipinski definition) is 3. The number of sulfone groups is 1. The van der Waals surface area contributed by atoms with E-state index in [2.05, 4.69) is 0 Å². The summed E-state index contributed by atoms with van der Waals surface area (Å²) >= 11 is 1.41. The predicted molar refractivity (Wildman–Crippen MR) is 88.2 cm³/mol. The van der Waals surface area contributed by atoms with Crippen LogP contribution < -0.4 is 0 Å². The van der Waals surface area contributed by atoms with Crippen LogP contribution in [0.1, 0.15) is 0 Å². The number of hydrogen-bond donors (Lipinski definition) is 0. The Morgan fingerprint density at radius 3 is 2.13 bits per heavy atom. The first-order valence-electron chi connectivity index (χ1n) is 6.68. The molecule has 1 heterocycles.